The fourth-order valence-electron chi connectivity index (χ4n) is 1.03. The van der Waals surface area contributed by atoms with E-state index in [1.165, 1.54) is 12.1 Å². The second-order valence-corrected chi connectivity index (χ2v) is 2.90. The van der Waals surface area contributed by atoms with Gasteiger partial charge in [-0.15, -0.1) is 12.4 Å². The molecule has 0 heterocycles. The lowest BCUT2D eigenvalue weighted by Gasteiger charge is -1.99. The Hall–Kier alpha value is -1.68. The van der Waals surface area contributed by atoms with E-state index in [4.69, 9.17) is 15.6 Å². The van der Waals surface area contributed by atoms with Gasteiger partial charge in [-0.05, 0) is 30.7 Å². The molecule has 1 aromatic carbocycles. The maximum absolute atomic E-state index is 11.0. The Labute approximate surface area is 100 Å². The van der Waals surface area contributed by atoms with Gasteiger partial charge in [-0.25, -0.2) is 4.79 Å². The molecule has 1 aromatic rings. The molecule has 0 saturated heterocycles. The lowest BCUT2D eigenvalue weighted by atomic mass is 10.2. The number of phenols is 1. The summed E-state index contributed by atoms with van der Waals surface area (Å²) in [7, 11) is 0. The number of esters is 1. The number of carbonyl (C=O) groups is 1. The second kappa shape index (κ2) is 6.74. The van der Waals surface area contributed by atoms with Gasteiger partial charge in [0.25, 0.3) is 0 Å². The molecule has 0 aliphatic heterocycles. The van der Waals surface area contributed by atoms with Crippen LogP contribution >= 0.6 is 12.4 Å². The highest BCUT2D eigenvalue weighted by atomic mass is 35.5. The predicted molar refractivity (Wildman–Crippen MR) is 65.4 cm³/mol. The van der Waals surface area contributed by atoms with E-state index in [2.05, 4.69) is 0 Å². The van der Waals surface area contributed by atoms with E-state index in [-0.39, 0.29) is 23.8 Å². The van der Waals surface area contributed by atoms with Crippen LogP contribution in [-0.4, -0.2) is 17.7 Å². The summed E-state index contributed by atoms with van der Waals surface area (Å²) in [5.41, 5.74) is 6.50. The fourth-order valence-corrected chi connectivity index (χ4v) is 1.03. The summed E-state index contributed by atoms with van der Waals surface area (Å²) in [5.74, 6) is -0.368. The molecule has 5 heteroatoms. The van der Waals surface area contributed by atoms with E-state index < -0.39 is 5.97 Å². The zero-order chi connectivity index (χ0) is 11.3. The number of ether oxygens (including phenoxy) is 1. The van der Waals surface area contributed by atoms with Crippen LogP contribution in [0.1, 0.15) is 12.5 Å². The van der Waals surface area contributed by atoms with Crippen molar-refractivity contribution >= 4 is 30.1 Å². The summed E-state index contributed by atoms with van der Waals surface area (Å²) in [6.45, 7) is 2.09. The summed E-state index contributed by atoms with van der Waals surface area (Å²) in [6.07, 6.45) is 2.89. The van der Waals surface area contributed by atoms with E-state index in [9.17, 15) is 4.79 Å². The molecule has 0 aromatic heterocycles. The minimum atomic E-state index is -0.399. The van der Waals surface area contributed by atoms with Crippen molar-refractivity contribution in [3.05, 3.63) is 29.8 Å². The van der Waals surface area contributed by atoms with Crippen molar-refractivity contribution in [3.63, 3.8) is 0 Å². The third-order valence-electron chi connectivity index (χ3n) is 1.75. The van der Waals surface area contributed by atoms with Crippen molar-refractivity contribution in [2.75, 3.05) is 12.3 Å². The third kappa shape index (κ3) is 4.23. The number of carbonyl (C=O) groups excluding carboxylic acids is 1. The monoisotopic (exact) mass is 243 g/mol. The summed E-state index contributed by atoms with van der Waals surface area (Å²) in [5, 5.41) is 9.16. The van der Waals surface area contributed by atoms with Crippen LogP contribution in [0, 0.1) is 0 Å². The van der Waals surface area contributed by atoms with Gasteiger partial charge in [-0.2, -0.15) is 0 Å². The first kappa shape index (κ1) is 14.3. The van der Waals surface area contributed by atoms with Gasteiger partial charge >= 0.3 is 5.97 Å². The predicted octanol–water partition coefficient (Wildman–Crippen LogP) is 1.97. The number of benzene rings is 1. The third-order valence-corrected chi connectivity index (χ3v) is 1.75. The van der Waals surface area contributed by atoms with Crippen LogP contribution in [0.15, 0.2) is 24.3 Å². The van der Waals surface area contributed by atoms with E-state index in [0.717, 1.165) is 5.56 Å². The Morgan fingerprint density at radius 3 is 2.81 bits per heavy atom. The van der Waals surface area contributed by atoms with Gasteiger partial charge in [0.05, 0.1) is 12.3 Å². The van der Waals surface area contributed by atoms with Crippen molar-refractivity contribution in [1.29, 1.82) is 0 Å². The van der Waals surface area contributed by atoms with Crippen LogP contribution in [0.5, 0.6) is 5.75 Å². The smallest absolute Gasteiger partial charge is 0.330 e. The largest absolute Gasteiger partial charge is 0.506 e. The van der Waals surface area contributed by atoms with Crippen LogP contribution in [-0.2, 0) is 9.53 Å². The van der Waals surface area contributed by atoms with Crippen LogP contribution in [0.3, 0.4) is 0 Å². The van der Waals surface area contributed by atoms with E-state index in [1.54, 1.807) is 25.1 Å². The van der Waals surface area contributed by atoms with Crippen LogP contribution < -0.4 is 5.73 Å². The molecule has 3 N–H and O–H groups in total. The summed E-state index contributed by atoms with van der Waals surface area (Å²) in [4.78, 5) is 11.0. The molecule has 0 unspecified atom stereocenters. The number of halogens is 1. The molecule has 0 saturated carbocycles. The highest BCUT2D eigenvalue weighted by Gasteiger charge is 1.97. The molecular formula is C11H14ClNO3. The lowest BCUT2D eigenvalue weighted by molar-refractivity contribution is -0.137. The first-order valence-corrected chi connectivity index (χ1v) is 4.57. The van der Waals surface area contributed by atoms with Gasteiger partial charge < -0.3 is 15.6 Å². The molecule has 0 radical (unpaired) electrons. The van der Waals surface area contributed by atoms with E-state index in [1.807, 2.05) is 0 Å². The average Bonchev–Trinajstić information content (AvgIpc) is 2.20. The molecule has 4 nitrogen and oxygen atoms in total. The number of rotatable bonds is 3. The molecule has 0 aliphatic carbocycles. The standard InChI is InChI=1S/C11H13NO3.ClH/c1-2-15-11(14)6-4-8-3-5-10(13)9(12)7-8;/h3-7,13H,2,12H2,1H3;1H/b6-4+;. The Kier molecular flexibility index (Phi) is 6.03. The number of phenolic OH excluding ortho intramolecular Hbond substituents is 1. The summed E-state index contributed by atoms with van der Waals surface area (Å²) < 4.78 is 4.71. The van der Waals surface area contributed by atoms with Crippen LogP contribution in [0.2, 0.25) is 0 Å². The maximum atomic E-state index is 11.0. The number of hydrogen-bond donors (Lipinski definition) is 2. The lowest BCUT2D eigenvalue weighted by Crippen LogP contribution is -1.98. The SMILES string of the molecule is CCOC(=O)/C=C/c1ccc(O)c(N)c1.Cl. The molecule has 0 fully saturated rings. The number of anilines is 1. The van der Waals surface area contributed by atoms with Gasteiger partial charge in [0, 0.05) is 6.08 Å². The van der Waals surface area contributed by atoms with Gasteiger partial charge in [-0.1, -0.05) is 6.07 Å². The molecule has 0 amide bonds. The van der Waals surface area contributed by atoms with Gasteiger partial charge in [0.2, 0.25) is 0 Å². The van der Waals surface area contributed by atoms with Crippen LogP contribution in [0.4, 0.5) is 5.69 Å². The zero-order valence-corrected chi connectivity index (χ0v) is 9.66. The van der Waals surface area contributed by atoms with Crippen molar-refractivity contribution in [2.45, 2.75) is 6.92 Å². The van der Waals surface area contributed by atoms with Crippen molar-refractivity contribution in [3.8, 4) is 5.75 Å². The number of hydrogen-bond acceptors (Lipinski definition) is 4. The maximum Gasteiger partial charge on any atom is 0.330 e. The highest BCUT2D eigenvalue weighted by molar-refractivity contribution is 5.87. The second-order valence-electron chi connectivity index (χ2n) is 2.90. The molecule has 0 spiro atoms. The molecule has 1 rings (SSSR count). The topological polar surface area (TPSA) is 72.5 Å². The Bertz CT molecular complexity index is 391. The molecule has 88 valence electrons. The summed E-state index contributed by atoms with van der Waals surface area (Å²) >= 11 is 0. The first-order valence-electron chi connectivity index (χ1n) is 4.57. The van der Waals surface area contributed by atoms with Gasteiger partial charge in [0.1, 0.15) is 5.75 Å². The number of nitrogen functional groups attached to an aromatic ring is 1. The number of aromatic hydroxyl groups is 1. The van der Waals surface area contributed by atoms with Crippen molar-refractivity contribution in [1.82, 2.24) is 0 Å². The quantitative estimate of drug-likeness (QED) is 0.369. The minimum absolute atomic E-state index is 0. The molecule has 0 aliphatic rings. The molecular weight excluding hydrogens is 230 g/mol. The Morgan fingerprint density at radius 2 is 2.25 bits per heavy atom. The molecule has 0 bridgehead atoms. The van der Waals surface area contributed by atoms with Crippen LogP contribution in [0.25, 0.3) is 6.08 Å². The minimum Gasteiger partial charge on any atom is -0.506 e. The highest BCUT2D eigenvalue weighted by Crippen LogP contribution is 2.20. The van der Waals surface area contributed by atoms with Gasteiger partial charge in [0.15, 0.2) is 0 Å². The van der Waals surface area contributed by atoms with E-state index >= 15 is 0 Å². The van der Waals surface area contributed by atoms with Crippen molar-refractivity contribution in [2.24, 2.45) is 0 Å². The Morgan fingerprint density at radius 1 is 1.56 bits per heavy atom. The van der Waals surface area contributed by atoms with Gasteiger partial charge in [-0.3, -0.25) is 0 Å². The number of nitrogens with two attached hydrogens (primary N) is 1. The molecule has 0 atom stereocenters. The Balaban J connectivity index is 0.00000225. The fraction of sp³-hybridized carbons (Fsp3) is 0.182. The normalized spacial score (nSPS) is 9.81. The average molecular weight is 244 g/mol. The zero-order valence-electron chi connectivity index (χ0n) is 8.84. The first-order chi connectivity index (χ1) is 7.13. The van der Waals surface area contributed by atoms with E-state index in [0.29, 0.717) is 6.61 Å². The summed E-state index contributed by atoms with van der Waals surface area (Å²) in [6, 6.07) is 4.70. The molecule has 16 heavy (non-hydrogen) atoms. The van der Waals surface area contributed by atoms with Crippen molar-refractivity contribution < 1.29 is 14.6 Å².